The minimum absolute atomic E-state index is 0.208. The molecule has 2 aromatic rings. The third kappa shape index (κ3) is 5.74. The fourth-order valence-electron chi connectivity index (χ4n) is 2.33. The van der Waals surface area contributed by atoms with Gasteiger partial charge < -0.3 is 14.8 Å². The standard InChI is InChI=1S/C20H20BrNO4/c1-14(16-8-4-5-9-17(16)21)22-19(23)13-26-20(24)12-11-15-7-3-6-10-18(15)25-2/h3-12,14H,13H2,1-2H3,(H,22,23)/b12-11+/t14-/m1/s1. The molecule has 0 aliphatic rings. The monoisotopic (exact) mass is 417 g/mol. The van der Waals surface area contributed by atoms with E-state index in [0.717, 1.165) is 15.6 Å². The van der Waals surface area contributed by atoms with Crippen LogP contribution in [0.1, 0.15) is 24.1 Å². The summed E-state index contributed by atoms with van der Waals surface area (Å²) >= 11 is 3.45. The van der Waals surface area contributed by atoms with Crippen molar-refractivity contribution in [1.29, 1.82) is 0 Å². The largest absolute Gasteiger partial charge is 0.496 e. The minimum Gasteiger partial charge on any atom is -0.496 e. The Morgan fingerprint density at radius 2 is 1.85 bits per heavy atom. The SMILES string of the molecule is COc1ccccc1/C=C/C(=O)OCC(=O)N[C@H](C)c1ccccc1Br. The zero-order chi connectivity index (χ0) is 18.9. The normalized spacial score (nSPS) is 11.8. The second-order valence-electron chi connectivity index (χ2n) is 5.49. The van der Waals surface area contributed by atoms with E-state index in [4.69, 9.17) is 9.47 Å². The van der Waals surface area contributed by atoms with Gasteiger partial charge in [0.2, 0.25) is 0 Å². The van der Waals surface area contributed by atoms with Crippen LogP contribution in [0, 0.1) is 0 Å². The third-order valence-corrected chi connectivity index (χ3v) is 4.35. The number of amides is 1. The number of hydrogen-bond acceptors (Lipinski definition) is 4. The van der Waals surface area contributed by atoms with Gasteiger partial charge in [-0.3, -0.25) is 4.79 Å². The first-order chi connectivity index (χ1) is 12.5. The summed E-state index contributed by atoms with van der Waals surface area (Å²) in [5.41, 5.74) is 1.70. The van der Waals surface area contributed by atoms with E-state index >= 15 is 0 Å². The summed E-state index contributed by atoms with van der Waals surface area (Å²) in [6.45, 7) is 1.52. The lowest BCUT2D eigenvalue weighted by Gasteiger charge is -2.15. The maximum atomic E-state index is 12.0. The van der Waals surface area contributed by atoms with Crippen LogP contribution >= 0.6 is 15.9 Å². The van der Waals surface area contributed by atoms with Crippen LogP contribution < -0.4 is 10.1 Å². The summed E-state index contributed by atoms with van der Waals surface area (Å²) in [7, 11) is 1.56. The summed E-state index contributed by atoms with van der Waals surface area (Å²) in [6.07, 6.45) is 2.85. The van der Waals surface area contributed by atoms with E-state index in [1.165, 1.54) is 6.08 Å². The van der Waals surface area contributed by atoms with E-state index in [1.807, 2.05) is 49.4 Å². The first-order valence-electron chi connectivity index (χ1n) is 8.03. The summed E-state index contributed by atoms with van der Waals surface area (Å²) < 4.78 is 11.1. The Bertz CT molecular complexity index is 804. The first kappa shape index (κ1) is 19.7. The number of methoxy groups -OCH3 is 1. The zero-order valence-corrected chi connectivity index (χ0v) is 16.2. The predicted octanol–water partition coefficient (Wildman–Crippen LogP) is 3.89. The third-order valence-electron chi connectivity index (χ3n) is 3.63. The Morgan fingerprint density at radius 1 is 1.15 bits per heavy atom. The Hall–Kier alpha value is -2.60. The van der Waals surface area contributed by atoms with E-state index in [0.29, 0.717) is 5.75 Å². The van der Waals surface area contributed by atoms with Crippen LogP contribution in [0.3, 0.4) is 0 Å². The number of halogens is 1. The van der Waals surface area contributed by atoms with Crippen LogP contribution in [0.4, 0.5) is 0 Å². The first-order valence-corrected chi connectivity index (χ1v) is 8.82. The van der Waals surface area contributed by atoms with E-state index in [9.17, 15) is 9.59 Å². The molecule has 0 aliphatic carbocycles. The summed E-state index contributed by atoms with van der Waals surface area (Å²) in [4.78, 5) is 23.8. The van der Waals surface area contributed by atoms with Crippen molar-refractivity contribution < 1.29 is 19.1 Å². The molecule has 5 nitrogen and oxygen atoms in total. The molecule has 2 aromatic carbocycles. The number of carbonyl (C=O) groups is 2. The van der Waals surface area contributed by atoms with Gasteiger partial charge >= 0.3 is 5.97 Å². The molecule has 26 heavy (non-hydrogen) atoms. The van der Waals surface area contributed by atoms with Gasteiger partial charge in [-0.2, -0.15) is 0 Å². The van der Waals surface area contributed by atoms with E-state index < -0.39 is 5.97 Å². The molecule has 2 rings (SSSR count). The van der Waals surface area contributed by atoms with Crippen molar-refractivity contribution in [2.24, 2.45) is 0 Å². The predicted molar refractivity (Wildman–Crippen MR) is 104 cm³/mol. The molecule has 0 saturated carbocycles. The van der Waals surface area contributed by atoms with Gasteiger partial charge in [-0.1, -0.05) is 52.3 Å². The van der Waals surface area contributed by atoms with Gasteiger partial charge in [-0.05, 0) is 30.7 Å². The highest BCUT2D eigenvalue weighted by molar-refractivity contribution is 9.10. The maximum Gasteiger partial charge on any atom is 0.331 e. The summed E-state index contributed by atoms with van der Waals surface area (Å²) in [5, 5.41) is 2.79. The van der Waals surface area contributed by atoms with Crippen LogP contribution in [-0.4, -0.2) is 25.6 Å². The molecule has 1 amide bonds. The Labute approximate surface area is 161 Å². The number of esters is 1. The van der Waals surface area contributed by atoms with Crippen LogP contribution in [0.5, 0.6) is 5.75 Å². The highest BCUT2D eigenvalue weighted by Crippen LogP contribution is 2.22. The van der Waals surface area contributed by atoms with Crippen LogP contribution in [0.25, 0.3) is 6.08 Å². The van der Waals surface area contributed by atoms with Crippen molar-refractivity contribution in [2.75, 3.05) is 13.7 Å². The molecule has 1 atom stereocenters. The summed E-state index contributed by atoms with van der Waals surface area (Å²) in [6, 6.07) is 14.7. The number of carbonyl (C=O) groups excluding carboxylic acids is 2. The topological polar surface area (TPSA) is 64.6 Å². The average Bonchev–Trinajstić information content (AvgIpc) is 2.65. The quantitative estimate of drug-likeness (QED) is 0.548. The van der Waals surface area contributed by atoms with E-state index in [-0.39, 0.29) is 18.6 Å². The van der Waals surface area contributed by atoms with Gasteiger partial charge in [0, 0.05) is 16.1 Å². The molecular formula is C20H20BrNO4. The molecule has 136 valence electrons. The molecule has 0 spiro atoms. The van der Waals surface area contributed by atoms with E-state index in [2.05, 4.69) is 21.2 Å². The summed E-state index contributed by atoms with van der Waals surface area (Å²) in [5.74, 6) is -0.316. The minimum atomic E-state index is -0.598. The Morgan fingerprint density at radius 3 is 2.58 bits per heavy atom. The second kappa shape index (κ2) is 9.77. The molecule has 0 saturated heterocycles. The molecule has 0 aliphatic heterocycles. The number of para-hydroxylation sites is 1. The zero-order valence-electron chi connectivity index (χ0n) is 14.6. The van der Waals surface area contributed by atoms with Crippen molar-refractivity contribution in [2.45, 2.75) is 13.0 Å². The lowest BCUT2D eigenvalue weighted by atomic mass is 10.1. The van der Waals surface area contributed by atoms with Crippen molar-refractivity contribution in [3.05, 3.63) is 70.2 Å². The fraction of sp³-hybridized carbons (Fsp3) is 0.200. The van der Waals surface area contributed by atoms with Crippen LogP contribution in [-0.2, 0) is 14.3 Å². The van der Waals surface area contributed by atoms with Crippen LogP contribution in [0.15, 0.2) is 59.1 Å². The van der Waals surface area contributed by atoms with Crippen molar-refractivity contribution in [3.63, 3.8) is 0 Å². The average molecular weight is 418 g/mol. The number of rotatable bonds is 7. The smallest absolute Gasteiger partial charge is 0.331 e. The van der Waals surface area contributed by atoms with Gasteiger partial charge in [-0.25, -0.2) is 4.79 Å². The lowest BCUT2D eigenvalue weighted by molar-refractivity contribution is -0.144. The molecule has 0 bridgehead atoms. The molecule has 0 fully saturated rings. The molecule has 0 heterocycles. The maximum absolute atomic E-state index is 12.0. The van der Waals surface area contributed by atoms with Gasteiger partial charge in [0.15, 0.2) is 6.61 Å². The van der Waals surface area contributed by atoms with Gasteiger partial charge in [0.1, 0.15) is 5.75 Å². The Balaban J connectivity index is 1.84. The molecule has 1 N–H and O–H groups in total. The highest BCUT2D eigenvalue weighted by atomic mass is 79.9. The molecule has 0 aromatic heterocycles. The molecule has 0 radical (unpaired) electrons. The van der Waals surface area contributed by atoms with Gasteiger partial charge in [0.05, 0.1) is 13.2 Å². The number of nitrogens with one attached hydrogen (secondary N) is 1. The lowest BCUT2D eigenvalue weighted by Crippen LogP contribution is -2.31. The van der Waals surface area contributed by atoms with Crippen LogP contribution in [0.2, 0.25) is 0 Å². The molecule has 6 heteroatoms. The van der Waals surface area contributed by atoms with E-state index in [1.54, 1.807) is 19.3 Å². The van der Waals surface area contributed by atoms with Crippen molar-refractivity contribution in [3.8, 4) is 5.75 Å². The van der Waals surface area contributed by atoms with Crippen molar-refractivity contribution in [1.82, 2.24) is 5.32 Å². The van der Waals surface area contributed by atoms with Crippen molar-refractivity contribution >= 4 is 33.9 Å². The highest BCUT2D eigenvalue weighted by Gasteiger charge is 2.13. The van der Waals surface area contributed by atoms with Gasteiger partial charge in [-0.15, -0.1) is 0 Å². The molecular weight excluding hydrogens is 398 g/mol. The number of hydrogen-bond donors (Lipinski definition) is 1. The van der Waals surface area contributed by atoms with Gasteiger partial charge in [0.25, 0.3) is 5.91 Å². The fourth-order valence-corrected chi connectivity index (χ4v) is 2.96. The Kier molecular flexibility index (Phi) is 7.41. The number of benzene rings is 2. The number of ether oxygens (including phenoxy) is 2. The molecule has 0 unspecified atom stereocenters. The second-order valence-corrected chi connectivity index (χ2v) is 6.35.